The quantitative estimate of drug-likeness (QED) is 0.0665. The number of hydrogen-bond donors (Lipinski definition) is 0. The van der Waals surface area contributed by atoms with Crippen LogP contribution in [0.5, 0.6) is 11.5 Å². The molecule has 3 aromatic carbocycles. The van der Waals surface area contributed by atoms with E-state index in [1.54, 1.807) is 48.5 Å². The highest BCUT2D eigenvalue weighted by Crippen LogP contribution is 2.57. The maximum Gasteiger partial charge on any atom is 0.475 e. The average molecular weight is 771 g/mol. The summed E-state index contributed by atoms with van der Waals surface area (Å²) in [4.78, 5) is 22.8. The van der Waals surface area contributed by atoms with Crippen molar-refractivity contribution in [1.82, 2.24) is 0 Å². The van der Waals surface area contributed by atoms with E-state index >= 15 is 0 Å². The second kappa shape index (κ2) is 16.2. The summed E-state index contributed by atoms with van der Waals surface area (Å²) in [5.74, 6) is -0.190. The van der Waals surface area contributed by atoms with E-state index in [4.69, 9.17) is 46.4 Å². The molecular formula is C38H47O13PSi. The first-order valence-corrected chi connectivity index (χ1v) is 21.9. The zero-order valence-corrected chi connectivity index (χ0v) is 32.8. The second-order valence-corrected chi connectivity index (χ2v) is 21.1. The van der Waals surface area contributed by atoms with Crippen molar-refractivity contribution in [1.29, 1.82) is 0 Å². The molecule has 0 radical (unpaired) electrons. The van der Waals surface area contributed by atoms with Gasteiger partial charge in [-0.05, 0) is 59.1 Å². The van der Waals surface area contributed by atoms with E-state index < -0.39 is 71.2 Å². The zero-order chi connectivity index (χ0) is 38.0. The summed E-state index contributed by atoms with van der Waals surface area (Å²) in [6.07, 6.45) is -4.41. The van der Waals surface area contributed by atoms with E-state index in [0.717, 1.165) is 5.56 Å². The standard InChI is InChI=1S/C38H47O13PSi/c1-24(39)45-29-17-13-27(14-18-29)22-43-52(41,44-23-28-15-19-30(20-16-28)46-25(2)40)50-35-32-31(42-21-26-11-9-8-10-12-26)33-36(34(35)49-37(47-32)48-33)51-53(6,7)38(3,4)5/h8-20,31-37H,21-23H2,1-7H3. The van der Waals surface area contributed by atoms with Crippen LogP contribution in [-0.4, -0.2) is 63.4 Å². The Bertz CT molecular complexity index is 1700. The lowest BCUT2D eigenvalue weighted by molar-refractivity contribution is -0.481. The van der Waals surface area contributed by atoms with Crippen LogP contribution in [0, 0.1) is 0 Å². The number of ether oxygens (including phenoxy) is 6. The maximum absolute atomic E-state index is 14.8. The van der Waals surface area contributed by atoms with Gasteiger partial charge in [-0.2, -0.15) is 0 Å². The van der Waals surface area contributed by atoms with E-state index in [0.29, 0.717) is 22.6 Å². The Kier molecular flexibility index (Phi) is 12.1. The van der Waals surface area contributed by atoms with Gasteiger partial charge in [0.25, 0.3) is 6.48 Å². The summed E-state index contributed by atoms with van der Waals surface area (Å²) in [6, 6.07) is 22.9. The van der Waals surface area contributed by atoms with Crippen LogP contribution in [0.3, 0.4) is 0 Å². The normalized spacial score (nSPS) is 25.3. The van der Waals surface area contributed by atoms with Crippen molar-refractivity contribution in [3.63, 3.8) is 0 Å². The molecule has 0 spiro atoms. The molecule has 15 heteroatoms. The fourth-order valence-electron chi connectivity index (χ4n) is 5.99. The summed E-state index contributed by atoms with van der Waals surface area (Å²) >= 11 is 0. The van der Waals surface area contributed by atoms with Crippen LogP contribution in [0.15, 0.2) is 78.9 Å². The van der Waals surface area contributed by atoms with Crippen LogP contribution >= 0.6 is 7.82 Å². The van der Waals surface area contributed by atoms with Crippen molar-refractivity contribution in [3.8, 4) is 11.5 Å². The highest BCUT2D eigenvalue weighted by molar-refractivity contribution is 7.48. The van der Waals surface area contributed by atoms with Gasteiger partial charge in [-0.1, -0.05) is 75.4 Å². The maximum atomic E-state index is 14.8. The topological polar surface area (TPSA) is 144 Å². The minimum atomic E-state index is -4.43. The van der Waals surface area contributed by atoms with Crippen LogP contribution in [0.25, 0.3) is 0 Å². The Morgan fingerprint density at radius 3 is 1.58 bits per heavy atom. The van der Waals surface area contributed by atoms with E-state index in [1.807, 2.05) is 30.3 Å². The molecule has 7 rings (SSSR count). The number of phosphoric acid groups is 1. The van der Waals surface area contributed by atoms with E-state index in [9.17, 15) is 14.2 Å². The van der Waals surface area contributed by atoms with Gasteiger partial charge in [-0.15, -0.1) is 0 Å². The van der Waals surface area contributed by atoms with Crippen LogP contribution in [0.1, 0.15) is 51.3 Å². The molecule has 7 unspecified atom stereocenters. The number of esters is 2. The SMILES string of the molecule is CC(=O)Oc1ccc(COP(=O)(OCc2ccc(OC(C)=O)cc2)OC2C3OC4OC(C3OCc3ccccc3)C(O[Si](C)(C)C(C)(C)C)C2O4)cc1. The van der Waals surface area contributed by atoms with Gasteiger partial charge >= 0.3 is 19.8 Å². The molecule has 4 aliphatic rings. The predicted octanol–water partition coefficient (Wildman–Crippen LogP) is 7.22. The van der Waals surface area contributed by atoms with Crippen molar-refractivity contribution in [2.45, 2.75) is 116 Å². The number of benzene rings is 3. The van der Waals surface area contributed by atoms with Crippen molar-refractivity contribution in [2.75, 3.05) is 0 Å². The van der Waals surface area contributed by atoms with E-state index in [1.165, 1.54) is 13.8 Å². The Balaban J connectivity index is 1.28. The fraction of sp³-hybridized carbons (Fsp3) is 0.474. The van der Waals surface area contributed by atoms with Crippen molar-refractivity contribution < 1.29 is 60.6 Å². The third kappa shape index (κ3) is 9.70. The van der Waals surface area contributed by atoms with Gasteiger partial charge in [-0.25, -0.2) is 4.57 Å². The third-order valence-electron chi connectivity index (χ3n) is 9.67. The van der Waals surface area contributed by atoms with Crippen LogP contribution < -0.4 is 9.47 Å². The van der Waals surface area contributed by atoms with Gasteiger partial charge in [-0.3, -0.25) is 23.2 Å². The molecule has 286 valence electrons. The lowest BCUT2D eigenvalue weighted by Crippen LogP contribution is -2.77. The number of hydrogen-bond acceptors (Lipinski definition) is 13. The molecule has 3 aromatic rings. The molecule has 0 N–H and O–H groups in total. The van der Waals surface area contributed by atoms with Gasteiger partial charge in [0.15, 0.2) is 8.32 Å². The fourth-order valence-corrected chi connectivity index (χ4v) is 8.64. The van der Waals surface area contributed by atoms with Gasteiger partial charge in [0.1, 0.15) is 48.1 Å². The molecule has 4 bridgehead atoms. The molecule has 3 aliphatic heterocycles. The van der Waals surface area contributed by atoms with Crippen LogP contribution in [0.2, 0.25) is 18.1 Å². The smallest absolute Gasteiger partial charge is 0.427 e. The van der Waals surface area contributed by atoms with Gasteiger partial charge in [0.05, 0.1) is 19.8 Å². The van der Waals surface area contributed by atoms with Gasteiger partial charge < -0.3 is 32.8 Å². The lowest BCUT2D eigenvalue weighted by atomic mass is 9.82. The Labute approximate surface area is 310 Å². The lowest BCUT2D eigenvalue weighted by Gasteiger charge is -2.60. The van der Waals surface area contributed by atoms with Crippen LogP contribution in [-0.2, 0) is 70.9 Å². The average Bonchev–Trinajstić information content (AvgIpc) is 3.10. The number of phosphoric ester groups is 1. The number of rotatable bonds is 15. The zero-order valence-electron chi connectivity index (χ0n) is 30.9. The molecule has 13 nitrogen and oxygen atoms in total. The summed E-state index contributed by atoms with van der Waals surface area (Å²) in [5.41, 5.74) is 2.19. The summed E-state index contributed by atoms with van der Waals surface area (Å²) in [5, 5.41) is -0.146. The molecule has 0 aromatic heterocycles. The highest BCUT2D eigenvalue weighted by atomic mass is 31.2. The van der Waals surface area contributed by atoms with Gasteiger partial charge in [0, 0.05) is 13.8 Å². The van der Waals surface area contributed by atoms with Crippen LogP contribution in [0.4, 0.5) is 0 Å². The first-order valence-electron chi connectivity index (χ1n) is 17.5. The Morgan fingerprint density at radius 2 is 1.11 bits per heavy atom. The molecular weight excluding hydrogens is 723 g/mol. The molecule has 4 fully saturated rings. The first kappa shape index (κ1) is 39.4. The Morgan fingerprint density at radius 1 is 0.660 bits per heavy atom. The number of carbonyl (C=O) groups excluding carboxylic acids is 2. The second-order valence-electron chi connectivity index (χ2n) is 14.7. The van der Waals surface area contributed by atoms with E-state index in [2.05, 4.69) is 33.9 Å². The molecule has 0 amide bonds. The highest BCUT2D eigenvalue weighted by Gasteiger charge is 2.66. The van der Waals surface area contributed by atoms with E-state index in [-0.39, 0.29) is 24.9 Å². The molecule has 7 atom stereocenters. The largest absolute Gasteiger partial charge is 0.475 e. The van der Waals surface area contributed by atoms with Crippen molar-refractivity contribution >= 4 is 28.1 Å². The minimum Gasteiger partial charge on any atom is -0.427 e. The minimum absolute atomic E-state index is 0.146. The summed E-state index contributed by atoms with van der Waals surface area (Å²) in [7, 11) is -6.86. The molecule has 3 saturated heterocycles. The molecule has 1 saturated carbocycles. The molecule has 1 aliphatic carbocycles. The summed E-state index contributed by atoms with van der Waals surface area (Å²) in [6.45, 7) is 12.3. The summed E-state index contributed by atoms with van der Waals surface area (Å²) < 4.78 is 75.7. The monoisotopic (exact) mass is 770 g/mol. The third-order valence-corrected chi connectivity index (χ3v) is 15.5. The first-order chi connectivity index (χ1) is 25.1. The number of carbonyl (C=O) groups is 2. The predicted molar refractivity (Wildman–Crippen MR) is 193 cm³/mol. The molecule has 3 heterocycles. The van der Waals surface area contributed by atoms with Crippen molar-refractivity contribution in [2.24, 2.45) is 0 Å². The van der Waals surface area contributed by atoms with Crippen molar-refractivity contribution in [3.05, 3.63) is 95.6 Å². The Hall–Kier alpha value is -3.27. The van der Waals surface area contributed by atoms with Gasteiger partial charge in [0.2, 0.25) is 0 Å². The molecule has 53 heavy (non-hydrogen) atoms.